The first kappa shape index (κ1) is 19.0. The number of amides is 2. The number of rotatable bonds is 4. The molecule has 6 heteroatoms. The van der Waals surface area contributed by atoms with Crippen molar-refractivity contribution in [1.29, 1.82) is 0 Å². The molecule has 2 aromatic rings. The molecule has 2 aliphatic rings. The number of ether oxygens (including phenoxy) is 1. The van der Waals surface area contributed by atoms with Crippen LogP contribution in [0.5, 0.6) is 0 Å². The molecule has 0 aliphatic carbocycles. The van der Waals surface area contributed by atoms with Crippen LogP contribution in [0, 0.1) is 19.8 Å². The number of hydrogen-bond acceptors (Lipinski definition) is 3. The molecule has 1 atom stereocenters. The lowest BCUT2D eigenvalue weighted by Crippen LogP contribution is -2.46. The first-order valence-corrected chi connectivity index (χ1v) is 10.3. The summed E-state index contributed by atoms with van der Waals surface area (Å²) in [5.74, 6) is 0.168. The lowest BCUT2D eigenvalue weighted by molar-refractivity contribution is -0.143. The number of aromatic amines is 1. The van der Waals surface area contributed by atoms with Crippen LogP contribution in [0.15, 0.2) is 18.2 Å². The molecule has 0 unspecified atom stereocenters. The highest BCUT2D eigenvalue weighted by Crippen LogP contribution is 2.23. The minimum absolute atomic E-state index is 0.0199. The van der Waals surface area contributed by atoms with E-state index in [1.807, 2.05) is 4.90 Å². The van der Waals surface area contributed by atoms with Crippen molar-refractivity contribution in [3.8, 4) is 0 Å². The molecule has 150 valence electrons. The SMILES string of the molecule is Cc1[nH]c2ccc(CNC(=O)C3CCN(C(=O)[C@H]4CCCO4)CC3)cc2c1C. The zero-order valence-electron chi connectivity index (χ0n) is 16.7. The highest BCUT2D eigenvalue weighted by molar-refractivity contribution is 5.85. The van der Waals surface area contributed by atoms with Crippen LogP contribution in [0.3, 0.4) is 0 Å². The van der Waals surface area contributed by atoms with E-state index in [2.05, 4.69) is 42.3 Å². The summed E-state index contributed by atoms with van der Waals surface area (Å²) in [7, 11) is 0. The van der Waals surface area contributed by atoms with Gasteiger partial charge in [-0.05, 0) is 62.8 Å². The van der Waals surface area contributed by atoms with Gasteiger partial charge in [-0.15, -0.1) is 0 Å². The molecular formula is C22H29N3O3. The van der Waals surface area contributed by atoms with Crippen LogP contribution in [0.1, 0.15) is 42.5 Å². The molecule has 1 aromatic heterocycles. The van der Waals surface area contributed by atoms with Crippen molar-refractivity contribution < 1.29 is 14.3 Å². The monoisotopic (exact) mass is 383 g/mol. The molecule has 0 bridgehead atoms. The van der Waals surface area contributed by atoms with Crippen molar-refractivity contribution in [3.05, 3.63) is 35.0 Å². The topological polar surface area (TPSA) is 74.4 Å². The van der Waals surface area contributed by atoms with Gasteiger partial charge in [0.2, 0.25) is 5.91 Å². The Hall–Kier alpha value is -2.34. The van der Waals surface area contributed by atoms with Crippen LogP contribution >= 0.6 is 0 Å². The predicted molar refractivity (Wildman–Crippen MR) is 108 cm³/mol. The summed E-state index contributed by atoms with van der Waals surface area (Å²) in [6.45, 7) is 6.69. The van der Waals surface area contributed by atoms with E-state index in [1.165, 1.54) is 16.6 Å². The van der Waals surface area contributed by atoms with Gasteiger partial charge in [-0.2, -0.15) is 0 Å². The highest BCUT2D eigenvalue weighted by atomic mass is 16.5. The lowest BCUT2D eigenvalue weighted by Gasteiger charge is -2.32. The van der Waals surface area contributed by atoms with Gasteiger partial charge in [-0.1, -0.05) is 6.07 Å². The van der Waals surface area contributed by atoms with Gasteiger partial charge < -0.3 is 19.9 Å². The first-order valence-electron chi connectivity index (χ1n) is 10.3. The maximum atomic E-state index is 12.6. The van der Waals surface area contributed by atoms with Crippen LogP contribution in [-0.2, 0) is 20.9 Å². The lowest BCUT2D eigenvalue weighted by atomic mass is 9.95. The summed E-state index contributed by atoms with van der Waals surface area (Å²) in [4.78, 5) is 30.3. The number of H-pyrrole nitrogens is 1. The van der Waals surface area contributed by atoms with Crippen LogP contribution in [0.4, 0.5) is 0 Å². The number of carbonyl (C=O) groups is 2. The van der Waals surface area contributed by atoms with Gasteiger partial charge in [-0.3, -0.25) is 9.59 Å². The number of benzene rings is 1. The molecule has 0 radical (unpaired) electrons. The third kappa shape index (κ3) is 3.78. The fourth-order valence-corrected chi connectivity index (χ4v) is 4.29. The maximum absolute atomic E-state index is 12.6. The Morgan fingerprint density at radius 1 is 1.21 bits per heavy atom. The Balaban J connectivity index is 1.29. The third-order valence-corrected chi connectivity index (χ3v) is 6.22. The molecule has 28 heavy (non-hydrogen) atoms. The van der Waals surface area contributed by atoms with E-state index in [9.17, 15) is 9.59 Å². The molecular weight excluding hydrogens is 354 g/mol. The number of fused-ring (bicyclic) bond motifs is 1. The molecule has 2 amide bonds. The Kier molecular flexibility index (Phi) is 5.40. The average molecular weight is 383 g/mol. The molecule has 3 heterocycles. The fraction of sp³-hybridized carbons (Fsp3) is 0.545. The Morgan fingerprint density at radius 3 is 2.71 bits per heavy atom. The zero-order valence-corrected chi connectivity index (χ0v) is 16.7. The number of carbonyl (C=O) groups excluding carboxylic acids is 2. The van der Waals surface area contributed by atoms with E-state index in [4.69, 9.17) is 4.74 Å². The highest BCUT2D eigenvalue weighted by Gasteiger charge is 2.32. The summed E-state index contributed by atoms with van der Waals surface area (Å²) in [5.41, 5.74) is 4.68. The Bertz CT molecular complexity index is 875. The van der Waals surface area contributed by atoms with Gasteiger partial charge in [0.05, 0.1) is 0 Å². The Morgan fingerprint density at radius 2 is 2.00 bits per heavy atom. The van der Waals surface area contributed by atoms with Gasteiger partial charge in [0.1, 0.15) is 6.10 Å². The first-order chi connectivity index (χ1) is 13.5. The normalized spacial score (nSPS) is 20.6. The number of piperidine rings is 1. The maximum Gasteiger partial charge on any atom is 0.251 e. The molecule has 2 aliphatic heterocycles. The summed E-state index contributed by atoms with van der Waals surface area (Å²) < 4.78 is 5.50. The fourth-order valence-electron chi connectivity index (χ4n) is 4.29. The molecule has 2 saturated heterocycles. The standard InChI is InChI=1S/C22H29N3O3/c1-14-15(2)24-19-6-5-16(12-18(14)19)13-23-21(26)17-7-9-25(10-8-17)22(27)20-4-3-11-28-20/h5-6,12,17,20,24H,3-4,7-11,13H2,1-2H3,(H,23,26)/t20-/m1/s1. The van der Waals surface area contributed by atoms with Crippen molar-refractivity contribution in [2.75, 3.05) is 19.7 Å². The molecule has 0 spiro atoms. The summed E-state index contributed by atoms with van der Waals surface area (Å²) >= 11 is 0. The molecule has 4 rings (SSSR count). The second-order valence-corrected chi connectivity index (χ2v) is 8.07. The molecule has 0 saturated carbocycles. The zero-order chi connectivity index (χ0) is 19.7. The van der Waals surface area contributed by atoms with Crippen molar-refractivity contribution >= 4 is 22.7 Å². The number of hydrogen-bond donors (Lipinski definition) is 2. The minimum atomic E-state index is -0.263. The smallest absolute Gasteiger partial charge is 0.251 e. The number of nitrogens with zero attached hydrogens (tertiary/aromatic N) is 1. The van der Waals surface area contributed by atoms with E-state index in [0.717, 1.165) is 36.8 Å². The molecule has 6 nitrogen and oxygen atoms in total. The predicted octanol–water partition coefficient (Wildman–Crippen LogP) is 2.82. The number of aromatic nitrogens is 1. The van der Waals surface area contributed by atoms with Gasteiger partial charge in [0.25, 0.3) is 5.91 Å². The van der Waals surface area contributed by atoms with E-state index in [-0.39, 0.29) is 23.8 Å². The summed E-state index contributed by atoms with van der Waals surface area (Å²) in [5, 5.41) is 4.29. The van der Waals surface area contributed by atoms with Crippen LogP contribution < -0.4 is 5.32 Å². The number of nitrogens with one attached hydrogen (secondary N) is 2. The van der Waals surface area contributed by atoms with E-state index >= 15 is 0 Å². The van der Waals surface area contributed by atoms with E-state index < -0.39 is 0 Å². The van der Waals surface area contributed by atoms with Crippen molar-refractivity contribution in [2.45, 2.75) is 52.2 Å². The number of aryl methyl sites for hydroxylation is 2. The van der Waals surface area contributed by atoms with Gasteiger partial charge in [0.15, 0.2) is 0 Å². The molecule has 2 N–H and O–H groups in total. The van der Waals surface area contributed by atoms with Gasteiger partial charge >= 0.3 is 0 Å². The van der Waals surface area contributed by atoms with Crippen molar-refractivity contribution in [3.63, 3.8) is 0 Å². The van der Waals surface area contributed by atoms with Gasteiger partial charge in [-0.25, -0.2) is 0 Å². The van der Waals surface area contributed by atoms with Crippen molar-refractivity contribution in [2.24, 2.45) is 5.92 Å². The quantitative estimate of drug-likeness (QED) is 0.853. The van der Waals surface area contributed by atoms with Crippen molar-refractivity contribution in [1.82, 2.24) is 15.2 Å². The van der Waals surface area contributed by atoms with Gasteiger partial charge in [0, 0.05) is 48.8 Å². The van der Waals surface area contributed by atoms with Crippen LogP contribution in [-0.4, -0.2) is 47.5 Å². The second kappa shape index (κ2) is 7.95. The minimum Gasteiger partial charge on any atom is -0.368 e. The van der Waals surface area contributed by atoms with Crippen LogP contribution in [0.2, 0.25) is 0 Å². The van der Waals surface area contributed by atoms with E-state index in [1.54, 1.807) is 0 Å². The third-order valence-electron chi connectivity index (χ3n) is 6.22. The van der Waals surface area contributed by atoms with E-state index in [0.29, 0.717) is 26.2 Å². The molecule has 1 aromatic carbocycles. The summed E-state index contributed by atoms with van der Waals surface area (Å²) in [6, 6.07) is 6.28. The number of likely N-dealkylation sites (tertiary alicyclic amines) is 1. The Labute approximate surface area is 165 Å². The van der Waals surface area contributed by atoms with Crippen LogP contribution in [0.25, 0.3) is 10.9 Å². The largest absolute Gasteiger partial charge is 0.368 e. The second-order valence-electron chi connectivity index (χ2n) is 8.07. The molecule has 2 fully saturated rings. The summed E-state index contributed by atoms with van der Waals surface area (Å²) in [6.07, 6.45) is 2.96. The average Bonchev–Trinajstić information content (AvgIpc) is 3.35.